The molecule has 4 heteroatoms. The summed E-state index contributed by atoms with van der Waals surface area (Å²) in [6.45, 7) is 4.72. The molecule has 1 heterocycles. The highest BCUT2D eigenvalue weighted by Crippen LogP contribution is 2.47. The van der Waals surface area contributed by atoms with Crippen LogP contribution in [0.25, 0.3) is 0 Å². The summed E-state index contributed by atoms with van der Waals surface area (Å²) in [5.41, 5.74) is 1.99. The zero-order valence-corrected chi connectivity index (χ0v) is 13.2. The maximum atomic E-state index is 12.0. The Kier molecular flexibility index (Phi) is 4.32. The number of carbonyl (C=O) groups is 1. The molecule has 0 saturated heterocycles. The van der Waals surface area contributed by atoms with Crippen molar-refractivity contribution in [1.29, 1.82) is 0 Å². The molecule has 0 aliphatic heterocycles. The van der Waals surface area contributed by atoms with Gasteiger partial charge in [0.1, 0.15) is 5.76 Å². The monoisotopic (exact) mass is 290 g/mol. The number of aryl methyl sites for hydroxylation is 2. The first kappa shape index (κ1) is 14.6. The first-order valence-corrected chi connectivity index (χ1v) is 8.33. The van der Waals surface area contributed by atoms with Crippen LogP contribution in [0.15, 0.2) is 4.52 Å². The molecular weight excluding hydrogens is 264 g/mol. The number of carbonyl (C=O) groups excluding carboxylic acids is 1. The Labute approximate surface area is 126 Å². The molecule has 3 rings (SSSR count). The van der Waals surface area contributed by atoms with Crippen molar-refractivity contribution in [3.05, 3.63) is 17.0 Å². The summed E-state index contributed by atoms with van der Waals surface area (Å²) in [7, 11) is 0. The van der Waals surface area contributed by atoms with Crippen molar-refractivity contribution in [3.8, 4) is 0 Å². The molecule has 0 radical (unpaired) electrons. The Morgan fingerprint density at radius 3 is 2.90 bits per heavy atom. The van der Waals surface area contributed by atoms with Crippen LogP contribution in [0, 0.1) is 31.6 Å². The zero-order valence-electron chi connectivity index (χ0n) is 13.2. The van der Waals surface area contributed by atoms with Gasteiger partial charge in [-0.2, -0.15) is 0 Å². The minimum Gasteiger partial charge on any atom is -0.361 e. The normalized spacial score (nSPS) is 27.8. The predicted molar refractivity (Wildman–Crippen MR) is 80.9 cm³/mol. The van der Waals surface area contributed by atoms with E-state index in [4.69, 9.17) is 4.52 Å². The molecule has 0 unspecified atom stereocenters. The molecule has 0 spiro atoms. The lowest BCUT2D eigenvalue weighted by Gasteiger charge is -2.18. The summed E-state index contributed by atoms with van der Waals surface area (Å²) in [5, 5.41) is 7.08. The average Bonchev–Trinajstić information content (AvgIpc) is 3.13. The minimum atomic E-state index is 0.163. The van der Waals surface area contributed by atoms with Crippen molar-refractivity contribution in [3.63, 3.8) is 0 Å². The summed E-state index contributed by atoms with van der Waals surface area (Å²) in [4.78, 5) is 12.0. The van der Waals surface area contributed by atoms with Gasteiger partial charge in [-0.15, -0.1) is 0 Å². The maximum Gasteiger partial charge on any atom is 0.220 e. The van der Waals surface area contributed by atoms with E-state index in [1.807, 2.05) is 13.8 Å². The molecule has 2 aliphatic carbocycles. The SMILES string of the molecule is Cc1noc(C)c1CCC(=O)NC[C@H]1CC[C@@H]2CCC[C@@H]21. The van der Waals surface area contributed by atoms with Crippen molar-refractivity contribution in [2.45, 2.75) is 58.8 Å². The number of amides is 1. The first-order chi connectivity index (χ1) is 10.1. The molecule has 1 N–H and O–H groups in total. The molecule has 2 saturated carbocycles. The molecule has 1 amide bonds. The van der Waals surface area contributed by atoms with E-state index in [-0.39, 0.29) is 5.91 Å². The number of hydrogen-bond acceptors (Lipinski definition) is 3. The summed E-state index contributed by atoms with van der Waals surface area (Å²) >= 11 is 0. The summed E-state index contributed by atoms with van der Waals surface area (Å²) in [5.74, 6) is 3.56. The van der Waals surface area contributed by atoms with Gasteiger partial charge in [-0.05, 0) is 57.3 Å². The molecule has 21 heavy (non-hydrogen) atoms. The third kappa shape index (κ3) is 3.14. The molecule has 4 nitrogen and oxygen atoms in total. The average molecular weight is 290 g/mol. The van der Waals surface area contributed by atoms with E-state index in [1.54, 1.807) is 0 Å². The van der Waals surface area contributed by atoms with Crippen molar-refractivity contribution < 1.29 is 9.32 Å². The topological polar surface area (TPSA) is 55.1 Å². The Bertz CT molecular complexity index is 489. The lowest BCUT2D eigenvalue weighted by atomic mass is 9.92. The fraction of sp³-hybridized carbons (Fsp3) is 0.765. The second-order valence-corrected chi connectivity index (χ2v) is 6.80. The van der Waals surface area contributed by atoms with Crippen LogP contribution in [0.1, 0.15) is 55.5 Å². The van der Waals surface area contributed by atoms with Gasteiger partial charge in [0.25, 0.3) is 0 Å². The first-order valence-electron chi connectivity index (χ1n) is 8.33. The third-order valence-corrected chi connectivity index (χ3v) is 5.58. The minimum absolute atomic E-state index is 0.163. The van der Waals surface area contributed by atoms with Gasteiger partial charge in [-0.1, -0.05) is 18.0 Å². The third-order valence-electron chi connectivity index (χ3n) is 5.58. The maximum absolute atomic E-state index is 12.0. The van der Waals surface area contributed by atoms with Gasteiger partial charge < -0.3 is 9.84 Å². The quantitative estimate of drug-likeness (QED) is 0.906. The molecule has 1 aromatic rings. The molecular formula is C17H26N2O2. The van der Waals surface area contributed by atoms with Gasteiger partial charge in [0, 0.05) is 18.5 Å². The van der Waals surface area contributed by atoms with Crippen LogP contribution < -0.4 is 5.32 Å². The van der Waals surface area contributed by atoms with Crippen LogP contribution in [0.2, 0.25) is 0 Å². The molecule has 0 bridgehead atoms. The number of rotatable bonds is 5. The fourth-order valence-corrected chi connectivity index (χ4v) is 4.37. The summed E-state index contributed by atoms with van der Waals surface area (Å²) in [6, 6.07) is 0. The molecule has 3 atom stereocenters. The van der Waals surface area contributed by atoms with Gasteiger partial charge in [0.05, 0.1) is 5.69 Å². The van der Waals surface area contributed by atoms with Crippen molar-refractivity contribution in [1.82, 2.24) is 10.5 Å². The van der Waals surface area contributed by atoms with E-state index >= 15 is 0 Å². The second kappa shape index (κ2) is 6.20. The number of nitrogens with one attached hydrogen (secondary N) is 1. The van der Waals surface area contributed by atoms with Crippen LogP contribution in [-0.4, -0.2) is 17.6 Å². The van der Waals surface area contributed by atoms with Crippen LogP contribution in [0.4, 0.5) is 0 Å². The second-order valence-electron chi connectivity index (χ2n) is 6.80. The highest BCUT2D eigenvalue weighted by molar-refractivity contribution is 5.76. The standard InChI is InChI=1S/C17H26N2O2/c1-11-15(12(2)21-19-11)8-9-17(20)18-10-14-7-6-13-4-3-5-16(13)14/h13-14,16H,3-10H2,1-2H3,(H,18,20)/t13-,14+,16-/m0/s1. The van der Waals surface area contributed by atoms with E-state index in [0.29, 0.717) is 6.42 Å². The van der Waals surface area contributed by atoms with E-state index in [2.05, 4.69) is 10.5 Å². The van der Waals surface area contributed by atoms with Crippen LogP contribution in [0.3, 0.4) is 0 Å². The molecule has 0 aromatic carbocycles. The molecule has 116 valence electrons. The highest BCUT2D eigenvalue weighted by atomic mass is 16.5. The zero-order chi connectivity index (χ0) is 14.8. The van der Waals surface area contributed by atoms with Crippen molar-refractivity contribution in [2.75, 3.05) is 6.54 Å². The largest absolute Gasteiger partial charge is 0.361 e. The summed E-state index contributed by atoms with van der Waals surface area (Å²) in [6.07, 6.45) is 8.13. The Morgan fingerprint density at radius 1 is 1.29 bits per heavy atom. The number of nitrogens with zero attached hydrogens (tertiary/aromatic N) is 1. The summed E-state index contributed by atoms with van der Waals surface area (Å²) < 4.78 is 5.13. The van der Waals surface area contributed by atoms with Crippen LogP contribution in [-0.2, 0) is 11.2 Å². The Morgan fingerprint density at radius 2 is 2.14 bits per heavy atom. The van der Waals surface area contributed by atoms with Gasteiger partial charge in [0.2, 0.25) is 5.91 Å². The lowest BCUT2D eigenvalue weighted by molar-refractivity contribution is -0.121. The predicted octanol–water partition coefficient (Wildman–Crippen LogP) is 3.17. The van der Waals surface area contributed by atoms with Crippen LogP contribution in [0.5, 0.6) is 0 Å². The number of hydrogen-bond donors (Lipinski definition) is 1. The Balaban J connectivity index is 1.43. The van der Waals surface area contributed by atoms with Crippen molar-refractivity contribution in [2.24, 2.45) is 17.8 Å². The van der Waals surface area contributed by atoms with E-state index in [9.17, 15) is 4.79 Å². The van der Waals surface area contributed by atoms with Crippen molar-refractivity contribution >= 4 is 5.91 Å². The van der Waals surface area contributed by atoms with E-state index < -0.39 is 0 Å². The smallest absolute Gasteiger partial charge is 0.220 e. The highest BCUT2D eigenvalue weighted by Gasteiger charge is 2.38. The van der Waals surface area contributed by atoms with Crippen LogP contribution >= 0.6 is 0 Å². The van der Waals surface area contributed by atoms with E-state index in [0.717, 1.165) is 47.7 Å². The van der Waals surface area contributed by atoms with Gasteiger partial charge >= 0.3 is 0 Å². The van der Waals surface area contributed by atoms with E-state index in [1.165, 1.54) is 32.1 Å². The molecule has 2 fully saturated rings. The molecule has 2 aliphatic rings. The lowest BCUT2D eigenvalue weighted by Crippen LogP contribution is -2.31. The number of fused-ring (bicyclic) bond motifs is 1. The van der Waals surface area contributed by atoms with Gasteiger partial charge in [-0.3, -0.25) is 4.79 Å². The van der Waals surface area contributed by atoms with Gasteiger partial charge in [-0.25, -0.2) is 0 Å². The Hall–Kier alpha value is -1.32. The number of aromatic nitrogens is 1. The fourth-order valence-electron chi connectivity index (χ4n) is 4.37. The molecule has 1 aromatic heterocycles. The van der Waals surface area contributed by atoms with Gasteiger partial charge in [0.15, 0.2) is 0 Å².